The number of benzene rings is 1. The van der Waals surface area contributed by atoms with Crippen molar-refractivity contribution in [2.45, 2.75) is 32.4 Å². The van der Waals surface area contributed by atoms with Crippen molar-refractivity contribution in [1.29, 1.82) is 0 Å². The molecule has 22 heavy (non-hydrogen) atoms. The molecule has 2 rings (SSSR count). The summed E-state index contributed by atoms with van der Waals surface area (Å²) in [7, 11) is 1.43. The number of aryl methyl sites for hydroxylation is 1. The molecule has 0 aliphatic rings. The van der Waals surface area contributed by atoms with Crippen LogP contribution in [0.1, 0.15) is 37.0 Å². The molecular weight excluding hydrogens is 285 g/mol. The number of rotatable bonds is 6. The molecular formula is C17H22FNO3. The Labute approximate surface area is 129 Å². The molecule has 0 saturated heterocycles. The minimum atomic E-state index is -1.13. The first kappa shape index (κ1) is 16.5. The maximum atomic E-state index is 13.7. The van der Waals surface area contributed by atoms with Gasteiger partial charge < -0.3 is 19.6 Å². The molecule has 2 aromatic rings. The van der Waals surface area contributed by atoms with Crippen LogP contribution in [-0.2, 0) is 5.60 Å². The van der Waals surface area contributed by atoms with Gasteiger partial charge in [0.25, 0.3) is 0 Å². The van der Waals surface area contributed by atoms with Gasteiger partial charge in [-0.25, -0.2) is 4.39 Å². The van der Waals surface area contributed by atoms with Gasteiger partial charge in [0.05, 0.1) is 7.11 Å². The summed E-state index contributed by atoms with van der Waals surface area (Å²) in [5.74, 6) is 1.07. The van der Waals surface area contributed by atoms with E-state index < -0.39 is 11.4 Å². The number of halogens is 1. The Kier molecular flexibility index (Phi) is 4.88. The Morgan fingerprint density at radius 1 is 1.36 bits per heavy atom. The molecule has 0 amide bonds. The van der Waals surface area contributed by atoms with Gasteiger partial charge in [0.15, 0.2) is 11.6 Å². The fourth-order valence-electron chi connectivity index (χ4n) is 2.23. The van der Waals surface area contributed by atoms with E-state index in [1.165, 1.54) is 13.2 Å². The van der Waals surface area contributed by atoms with Gasteiger partial charge in [0.1, 0.15) is 17.1 Å². The number of aliphatic hydroxyl groups is 1. The third-order valence-electron chi connectivity index (χ3n) is 3.70. The molecule has 1 aromatic carbocycles. The highest BCUT2D eigenvalue weighted by Gasteiger charge is 2.27. The predicted molar refractivity (Wildman–Crippen MR) is 82.4 cm³/mol. The first-order valence-corrected chi connectivity index (χ1v) is 7.19. The molecule has 0 unspecified atom stereocenters. The Bertz CT molecular complexity index is 637. The minimum Gasteiger partial charge on any atom is -0.494 e. The number of methoxy groups -OCH3 is 1. The van der Waals surface area contributed by atoms with E-state index in [-0.39, 0.29) is 18.3 Å². The van der Waals surface area contributed by atoms with Gasteiger partial charge in [0, 0.05) is 12.6 Å². The fourth-order valence-corrected chi connectivity index (χ4v) is 2.23. The minimum absolute atomic E-state index is 0.122. The lowest BCUT2D eigenvalue weighted by Gasteiger charge is -2.24. The molecule has 0 aliphatic carbocycles. The zero-order valence-electron chi connectivity index (χ0n) is 13.3. The zero-order chi connectivity index (χ0) is 16.3. The van der Waals surface area contributed by atoms with E-state index in [9.17, 15) is 9.50 Å². The number of ether oxygens (including phenoxy) is 1. The van der Waals surface area contributed by atoms with Crippen LogP contribution in [0.5, 0.6) is 5.75 Å². The second-order valence-electron chi connectivity index (χ2n) is 5.68. The summed E-state index contributed by atoms with van der Waals surface area (Å²) >= 11 is 0. The highest BCUT2D eigenvalue weighted by atomic mass is 19.1. The molecule has 0 aliphatic heterocycles. The van der Waals surface area contributed by atoms with Crippen LogP contribution >= 0.6 is 0 Å². The number of nitrogens with one attached hydrogen (secondary N) is 1. The largest absolute Gasteiger partial charge is 0.494 e. The van der Waals surface area contributed by atoms with Crippen LogP contribution in [-0.4, -0.2) is 18.8 Å². The van der Waals surface area contributed by atoms with Crippen LogP contribution < -0.4 is 10.1 Å². The SMILES string of the molecule is COc1ccc([C@@H](C)NC[C@@](C)(O)c2ccc(C)o2)cc1F. The molecule has 5 heteroatoms. The molecule has 0 radical (unpaired) electrons. The highest BCUT2D eigenvalue weighted by Crippen LogP contribution is 2.25. The van der Waals surface area contributed by atoms with E-state index in [1.54, 1.807) is 25.1 Å². The van der Waals surface area contributed by atoms with Crippen molar-refractivity contribution in [1.82, 2.24) is 5.32 Å². The lowest BCUT2D eigenvalue weighted by Crippen LogP contribution is -2.36. The summed E-state index contributed by atoms with van der Waals surface area (Å²) in [6.07, 6.45) is 0. The zero-order valence-corrected chi connectivity index (χ0v) is 13.3. The van der Waals surface area contributed by atoms with Crippen molar-refractivity contribution in [3.8, 4) is 5.75 Å². The number of hydrogen-bond donors (Lipinski definition) is 2. The van der Waals surface area contributed by atoms with E-state index >= 15 is 0 Å². The average molecular weight is 307 g/mol. The summed E-state index contributed by atoms with van der Waals surface area (Å²) in [5.41, 5.74) is -0.349. The molecule has 0 bridgehead atoms. The third kappa shape index (κ3) is 3.67. The Balaban J connectivity index is 2.03. The van der Waals surface area contributed by atoms with E-state index in [0.29, 0.717) is 5.76 Å². The first-order chi connectivity index (χ1) is 10.3. The van der Waals surface area contributed by atoms with Gasteiger partial charge in [-0.15, -0.1) is 0 Å². The van der Waals surface area contributed by atoms with Crippen molar-refractivity contribution in [2.75, 3.05) is 13.7 Å². The molecule has 0 saturated carbocycles. The van der Waals surface area contributed by atoms with Crippen LogP contribution in [0.4, 0.5) is 4.39 Å². The normalized spacial score (nSPS) is 15.4. The Morgan fingerprint density at radius 2 is 2.09 bits per heavy atom. The van der Waals surface area contributed by atoms with Crippen LogP contribution in [0.2, 0.25) is 0 Å². The molecule has 120 valence electrons. The van der Waals surface area contributed by atoms with Crippen molar-refractivity contribution in [3.05, 3.63) is 53.2 Å². The maximum Gasteiger partial charge on any atom is 0.165 e. The smallest absolute Gasteiger partial charge is 0.165 e. The van der Waals surface area contributed by atoms with E-state index in [1.807, 2.05) is 19.9 Å². The van der Waals surface area contributed by atoms with Gasteiger partial charge in [-0.3, -0.25) is 0 Å². The second-order valence-corrected chi connectivity index (χ2v) is 5.68. The molecule has 1 aromatic heterocycles. The fraction of sp³-hybridized carbons (Fsp3) is 0.412. The Morgan fingerprint density at radius 3 is 2.64 bits per heavy atom. The topological polar surface area (TPSA) is 54.6 Å². The summed E-state index contributed by atoms with van der Waals surface area (Å²) < 4.78 is 24.1. The van der Waals surface area contributed by atoms with Crippen molar-refractivity contribution >= 4 is 0 Å². The number of furan rings is 1. The van der Waals surface area contributed by atoms with Crippen molar-refractivity contribution < 1.29 is 18.7 Å². The molecule has 1 heterocycles. The molecule has 2 N–H and O–H groups in total. The molecule has 4 nitrogen and oxygen atoms in total. The standard InChI is InChI=1S/C17H22FNO3/c1-11-5-8-16(22-11)17(3,20)10-19-12(2)13-6-7-15(21-4)14(18)9-13/h5-9,12,19-20H,10H2,1-4H3/t12-,17-/m1/s1. The Hall–Kier alpha value is -1.85. The van der Waals surface area contributed by atoms with Crippen LogP contribution in [0.25, 0.3) is 0 Å². The first-order valence-electron chi connectivity index (χ1n) is 7.19. The summed E-state index contributed by atoms with van der Waals surface area (Å²) in [6.45, 7) is 5.70. The van der Waals surface area contributed by atoms with Crippen LogP contribution in [0.3, 0.4) is 0 Å². The van der Waals surface area contributed by atoms with E-state index in [2.05, 4.69) is 5.32 Å². The van der Waals surface area contributed by atoms with E-state index in [0.717, 1.165) is 11.3 Å². The van der Waals surface area contributed by atoms with Gasteiger partial charge in [-0.1, -0.05) is 6.07 Å². The van der Waals surface area contributed by atoms with Gasteiger partial charge in [-0.2, -0.15) is 0 Å². The predicted octanol–water partition coefficient (Wildman–Crippen LogP) is 3.29. The number of hydrogen-bond acceptors (Lipinski definition) is 4. The molecule has 0 spiro atoms. The second kappa shape index (κ2) is 6.50. The van der Waals surface area contributed by atoms with E-state index in [4.69, 9.17) is 9.15 Å². The lowest BCUT2D eigenvalue weighted by atomic mass is 10.0. The monoisotopic (exact) mass is 307 g/mol. The lowest BCUT2D eigenvalue weighted by molar-refractivity contribution is 0.0313. The van der Waals surface area contributed by atoms with Crippen LogP contribution in [0, 0.1) is 12.7 Å². The molecule has 2 atom stereocenters. The summed E-state index contributed by atoms with van der Waals surface area (Å²) in [6, 6.07) is 8.27. The van der Waals surface area contributed by atoms with Crippen LogP contribution in [0.15, 0.2) is 34.7 Å². The summed E-state index contributed by atoms with van der Waals surface area (Å²) in [5, 5.41) is 13.7. The highest BCUT2D eigenvalue weighted by molar-refractivity contribution is 5.30. The quantitative estimate of drug-likeness (QED) is 0.860. The average Bonchev–Trinajstić information content (AvgIpc) is 2.92. The van der Waals surface area contributed by atoms with Gasteiger partial charge >= 0.3 is 0 Å². The van der Waals surface area contributed by atoms with Gasteiger partial charge in [-0.05, 0) is 50.6 Å². The maximum absolute atomic E-state index is 13.7. The third-order valence-corrected chi connectivity index (χ3v) is 3.70. The van der Waals surface area contributed by atoms with Gasteiger partial charge in [0.2, 0.25) is 0 Å². The van der Waals surface area contributed by atoms with Crippen molar-refractivity contribution in [3.63, 3.8) is 0 Å². The molecule has 0 fully saturated rings. The van der Waals surface area contributed by atoms with Crippen molar-refractivity contribution in [2.24, 2.45) is 0 Å². The summed E-state index contributed by atoms with van der Waals surface area (Å²) in [4.78, 5) is 0.